The Hall–Kier alpha value is -4.79. The van der Waals surface area contributed by atoms with Crippen LogP contribution in [0.4, 0.5) is 24.5 Å². The van der Waals surface area contributed by atoms with Crippen molar-refractivity contribution >= 4 is 39.2 Å². The van der Waals surface area contributed by atoms with Crippen LogP contribution in [0, 0.1) is 5.41 Å². The fourth-order valence-electron chi connectivity index (χ4n) is 3.41. The molecule has 1 unspecified atom stereocenters. The van der Waals surface area contributed by atoms with E-state index >= 15 is 0 Å². The van der Waals surface area contributed by atoms with Crippen LogP contribution in [0.5, 0.6) is 5.75 Å². The number of carboxylic acid groups (broad SMARTS) is 1. The average Bonchev–Trinajstić information content (AvgIpc) is 2.82. The predicted molar refractivity (Wildman–Crippen MR) is 135 cm³/mol. The summed E-state index contributed by atoms with van der Waals surface area (Å²) < 4.78 is 69.0. The van der Waals surface area contributed by atoms with Crippen LogP contribution in [0.15, 0.2) is 77.7 Å². The maximum atomic E-state index is 12.9. The zero-order valence-electron chi connectivity index (χ0n) is 19.8. The number of guanidine groups is 1. The van der Waals surface area contributed by atoms with Crippen molar-refractivity contribution in [2.75, 3.05) is 10.0 Å². The molecule has 0 heterocycles. The number of hydrogen-bond donors (Lipinski definition) is 6. The molecule has 39 heavy (non-hydrogen) atoms. The highest BCUT2D eigenvalue weighted by Crippen LogP contribution is 2.26. The van der Waals surface area contributed by atoms with E-state index in [2.05, 4.69) is 20.1 Å². The van der Waals surface area contributed by atoms with Crippen LogP contribution in [0.3, 0.4) is 0 Å². The van der Waals surface area contributed by atoms with Gasteiger partial charge >= 0.3 is 12.3 Å². The average molecular weight is 566 g/mol. The standard InChI is InChI=1S/C24H22F3N5O6S/c25-24(26,27)38-18-9-7-14(8-10-18)22(35)31-20(13-21(33)34)15-3-1-5-17(11-15)32-39(36,37)19-6-2-4-16(12-19)30-23(28)29/h1-12,20,32H,13H2,(H,31,35)(H,33,34)(H4,28,29,30). The lowest BCUT2D eigenvalue weighted by atomic mass is 10.0. The molecule has 3 aromatic carbocycles. The first kappa shape index (κ1) is 28.8. The Bertz CT molecular complexity index is 1480. The van der Waals surface area contributed by atoms with Crippen LogP contribution in [0.25, 0.3) is 0 Å². The van der Waals surface area contributed by atoms with Gasteiger partial charge in [-0.2, -0.15) is 0 Å². The van der Waals surface area contributed by atoms with Crippen molar-refractivity contribution in [3.63, 3.8) is 0 Å². The predicted octanol–water partition coefficient (Wildman–Crippen LogP) is 3.64. The van der Waals surface area contributed by atoms with Crippen molar-refractivity contribution in [3.8, 4) is 5.75 Å². The Morgan fingerprint density at radius 3 is 2.26 bits per heavy atom. The fourth-order valence-corrected chi connectivity index (χ4v) is 4.50. The first-order valence-corrected chi connectivity index (χ1v) is 12.4. The molecule has 0 aromatic heterocycles. The molecule has 15 heteroatoms. The Morgan fingerprint density at radius 1 is 1.00 bits per heavy atom. The highest BCUT2D eigenvalue weighted by molar-refractivity contribution is 7.92. The summed E-state index contributed by atoms with van der Waals surface area (Å²) in [5.74, 6) is -2.97. The first-order valence-electron chi connectivity index (χ1n) is 10.9. The van der Waals surface area contributed by atoms with Crippen molar-refractivity contribution in [1.29, 1.82) is 5.41 Å². The van der Waals surface area contributed by atoms with Crippen molar-refractivity contribution in [2.24, 2.45) is 5.73 Å². The second-order valence-electron chi connectivity index (χ2n) is 7.99. The van der Waals surface area contributed by atoms with Crippen LogP contribution >= 0.6 is 0 Å². The van der Waals surface area contributed by atoms with E-state index in [1.807, 2.05) is 0 Å². The Balaban J connectivity index is 1.80. The molecule has 0 fully saturated rings. The van der Waals surface area contributed by atoms with E-state index in [1.165, 1.54) is 48.5 Å². The molecule has 0 aliphatic heterocycles. The van der Waals surface area contributed by atoms with E-state index in [4.69, 9.17) is 11.1 Å². The third-order valence-corrected chi connectivity index (χ3v) is 6.38. The van der Waals surface area contributed by atoms with Gasteiger partial charge in [0.1, 0.15) is 5.75 Å². The maximum absolute atomic E-state index is 12.9. The molecule has 11 nitrogen and oxygen atoms in total. The van der Waals surface area contributed by atoms with Gasteiger partial charge in [0.2, 0.25) is 0 Å². The van der Waals surface area contributed by atoms with Gasteiger partial charge < -0.3 is 26.2 Å². The maximum Gasteiger partial charge on any atom is 0.573 e. The minimum Gasteiger partial charge on any atom is -0.481 e. The summed E-state index contributed by atoms with van der Waals surface area (Å²) in [4.78, 5) is 24.0. The van der Waals surface area contributed by atoms with Gasteiger partial charge in [0.25, 0.3) is 15.9 Å². The number of alkyl halides is 3. The first-order chi connectivity index (χ1) is 18.2. The normalized spacial score (nSPS) is 12.2. The number of aliphatic carboxylic acids is 1. The number of anilines is 2. The van der Waals surface area contributed by atoms with Gasteiger partial charge in [-0.25, -0.2) is 8.42 Å². The van der Waals surface area contributed by atoms with Gasteiger partial charge in [-0.1, -0.05) is 18.2 Å². The molecule has 206 valence electrons. The SMILES string of the molecule is N=C(N)Nc1cccc(S(=O)(=O)Nc2cccc(C(CC(=O)O)NC(=O)c3ccc(OC(F)(F)F)cc3)c2)c1. The lowest BCUT2D eigenvalue weighted by molar-refractivity contribution is -0.274. The second kappa shape index (κ2) is 11.7. The minimum atomic E-state index is -4.91. The molecule has 0 radical (unpaired) electrons. The molecule has 3 aromatic rings. The number of carbonyl (C=O) groups excluding carboxylic acids is 1. The minimum absolute atomic E-state index is 0.0594. The number of carboxylic acids is 1. The van der Waals surface area contributed by atoms with Gasteiger partial charge in [0.05, 0.1) is 17.4 Å². The lowest BCUT2D eigenvalue weighted by Gasteiger charge is -2.19. The van der Waals surface area contributed by atoms with Gasteiger partial charge in [-0.05, 0) is 60.2 Å². The van der Waals surface area contributed by atoms with Crippen molar-refractivity contribution in [2.45, 2.75) is 23.7 Å². The fraction of sp³-hybridized carbons (Fsp3) is 0.125. The van der Waals surface area contributed by atoms with Crippen molar-refractivity contribution in [1.82, 2.24) is 5.32 Å². The van der Waals surface area contributed by atoms with E-state index in [9.17, 15) is 36.3 Å². The molecule has 0 bridgehead atoms. The highest BCUT2D eigenvalue weighted by atomic mass is 32.2. The van der Waals surface area contributed by atoms with Gasteiger partial charge in [-0.3, -0.25) is 19.7 Å². The summed E-state index contributed by atoms with van der Waals surface area (Å²) >= 11 is 0. The number of nitrogens with two attached hydrogens (primary N) is 1. The Morgan fingerprint density at radius 2 is 1.64 bits per heavy atom. The molecule has 0 spiro atoms. The number of amides is 1. The van der Waals surface area contributed by atoms with Gasteiger partial charge in [0, 0.05) is 16.9 Å². The summed E-state index contributed by atoms with van der Waals surface area (Å²) in [5.41, 5.74) is 5.79. The van der Waals surface area contributed by atoms with Crippen molar-refractivity contribution in [3.05, 3.63) is 83.9 Å². The van der Waals surface area contributed by atoms with Crippen LogP contribution < -0.4 is 25.8 Å². The summed E-state index contributed by atoms with van der Waals surface area (Å²) in [6, 6.07) is 14.1. The van der Waals surface area contributed by atoms with E-state index < -0.39 is 46.5 Å². The molecule has 0 aliphatic carbocycles. The molecule has 0 saturated heterocycles. The molecular weight excluding hydrogens is 543 g/mol. The smallest absolute Gasteiger partial charge is 0.481 e. The Kier molecular flexibility index (Phi) is 8.65. The van der Waals surface area contributed by atoms with Crippen LogP contribution in [-0.2, 0) is 14.8 Å². The largest absolute Gasteiger partial charge is 0.573 e. The van der Waals surface area contributed by atoms with Crippen LogP contribution in [-0.4, -0.2) is 37.7 Å². The second-order valence-corrected chi connectivity index (χ2v) is 9.68. The number of carbonyl (C=O) groups is 2. The van der Waals surface area contributed by atoms with E-state index in [1.54, 1.807) is 0 Å². The molecule has 7 N–H and O–H groups in total. The number of nitrogens with one attached hydrogen (secondary N) is 4. The summed E-state index contributed by atoms with van der Waals surface area (Å²) in [5, 5.41) is 21.6. The Labute approximate surface area is 220 Å². The molecule has 1 atom stereocenters. The van der Waals surface area contributed by atoms with E-state index in [-0.39, 0.29) is 33.4 Å². The van der Waals surface area contributed by atoms with Crippen LogP contribution in [0.2, 0.25) is 0 Å². The van der Waals surface area contributed by atoms with E-state index in [0.717, 1.165) is 24.3 Å². The number of hydrogen-bond acceptors (Lipinski definition) is 6. The van der Waals surface area contributed by atoms with E-state index in [0.29, 0.717) is 0 Å². The van der Waals surface area contributed by atoms with Crippen LogP contribution in [0.1, 0.15) is 28.4 Å². The molecule has 0 aliphatic rings. The molecule has 0 saturated carbocycles. The zero-order chi connectivity index (χ0) is 28.8. The third-order valence-electron chi connectivity index (χ3n) is 5.00. The summed E-state index contributed by atoms with van der Waals surface area (Å²) in [6.45, 7) is 0. The number of benzene rings is 3. The molecular formula is C24H22F3N5O6S. The monoisotopic (exact) mass is 565 g/mol. The number of rotatable bonds is 10. The quantitative estimate of drug-likeness (QED) is 0.159. The summed E-state index contributed by atoms with van der Waals surface area (Å²) in [6.07, 6.45) is -5.48. The highest BCUT2D eigenvalue weighted by Gasteiger charge is 2.31. The van der Waals surface area contributed by atoms with Crippen molar-refractivity contribution < 1.29 is 41.0 Å². The summed E-state index contributed by atoms with van der Waals surface area (Å²) in [7, 11) is -4.12. The molecule has 1 amide bonds. The third kappa shape index (κ3) is 8.63. The lowest BCUT2D eigenvalue weighted by Crippen LogP contribution is -2.30. The zero-order valence-corrected chi connectivity index (χ0v) is 20.6. The number of ether oxygens (including phenoxy) is 1. The number of sulfonamides is 1. The van der Waals surface area contributed by atoms with Gasteiger partial charge in [0.15, 0.2) is 5.96 Å². The number of halogens is 3. The molecule has 3 rings (SSSR count). The topological polar surface area (TPSA) is 184 Å². The van der Waals surface area contributed by atoms with Gasteiger partial charge in [-0.15, -0.1) is 13.2 Å².